The molecule has 0 spiro atoms. The van der Waals surface area contributed by atoms with E-state index in [1.54, 1.807) is 7.05 Å². The fourth-order valence-corrected chi connectivity index (χ4v) is 5.55. The zero-order valence-electron chi connectivity index (χ0n) is 11.8. The Balaban J connectivity index is 1.52. The molecule has 3 saturated carbocycles. The van der Waals surface area contributed by atoms with Gasteiger partial charge >= 0.3 is 0 Å². The summed E-state index contributed by atoms with van der Waals surface area (Å²) in [5.41, 5.74) is 0. The largest absolute Gasteiger partial charge is 0.320 e. The van der Waals surface area contributed by atoms with Crippen LogP contribution < -0.4 is 10.0 Å². The molecule has 3 rings (SSSR count). The second-order valence-electron chi connectivity index (χ2n) is 6.42. The van der Waals surface area contributed by atoms with Crippen molar-refractivity contribution in [3.05, 3.63) is 0 Å². The van der Waals surface area contributed by atoms with Crippen LogP contribution in [0.1, 0.15) is 25.7 Å². The molecule has 0 radical (unpaired) electrons. The van der Waals surface area contributed by atoms with Crippen LogP contribution in [-0.2, 0) is 10.2 Å². The zero-order valence-corrected chi connectivity index (χ0v) is 12.6. The average molecular weight is 287 g/mol. The number of nitrogens with one attached hydrogen (secondary N) is 2. The van der Waals surface area contributed by atoms with Crippen LogP contribution in [0.2, 0.25) is 0 Å². The van der Waals surface area contributed by atoms with Gasteiger partial charge in [-0.1, -0.05) is 0 Å². The van der Waals surface area contributed by atoms with E-state index < -0.39 is 10.2 Å². The summed E-state index contributed by atoms with van der Waals surface area (Å²) < 4.78 is 28.9. The predicted molar refractivity (Wildman–Crippen MR) is 74.8 cm³/mol. The van der Waals surface area contributed by atoms with E-state index in [1.807, 2.05) is 7.05 Å². The highest BCUT2D eigenvalue weighted by molar-refractivity contribution is 7.87. The number of fused-ring (bicyclic) bond motifs is 5. The minimum Gasteiger partial charge on any atom is -0.320 e. The molecule has 0 saturated heterocycles. The topological polar surface area (TPSA) is 61.4 Å². The van der Waals surface area contributed by atoms with Gasteiger partial charge in [0, 0.05) is 19.6 Å². The van der Waals surface area contributed by atoms with Crippen molar-refractivity contribution in [2.75, 3.05) is 27.2 Å². The smallest absolute Gasteiger partial charge is 0.279 e. The summed E-state index contributed by atoms with van der Waals surface area (Å²) >= 11 is 0. The Kier molecular flexibility index (Phi) is 3.62. The molecule has 4 unspecified atom stereocenters. The highest BCUT2D eigenvalue weighted by atomic mass is 32.2. The molecule has 0 aromatic rings. The molecular weight excluding hydrogens is 262 g/mol. The van der Waals surface area contributed by atoms with Gasteiger partial charge in [0.2, 0.25) is 0 Å². The maximum absolute atomic E-state index is 12.2. The molecule has 5 nitrogen and oxygen atoms in total. The van der Waals surface area contributed by atoms with E-state index in [1.165, 1.54) is 23.6 Å². The van der Waals surface area contributed by atoms with Gasteiger partial charge in [-0.25, -0.2) is 0 Å². The molecule has 3 aliphatic carbocycles. The fraction of sp³-hybridized carbons (Fsp3) is 1.00. The summed E-state index contributed by atoms with van der Waals surface area (Å²) in [5.74, 6) is 2.91. The van der Waals surface area contributed by atoms with E-state index in [-0.39, 0.29) is 6.04 Å². The molecule has 4 atom stereocenters. The normalized spacial score (nSPS) is 39.8. The van der Waals surface area contributed by atoms with E-state index in [4.69, 9.17) is 0 Å². The van der Waals surface area contributed by atoms with Crippen LogP contribution in [0, 0.1) is 23.7 Å². The molecule has 0 aliphatic heterocycles. The third-order valence-electron chi connectivity index (χ3n) is 5.33. The lowest BCUT2D eigenvalue weighted by Gasteiger charge is -2.19. The van der Waals surface area contributed by atoms with E-state index >= 15 is 0 Å². The Labute approximate surface area is 116 Å². The molecule has 3 aliphatic rings. The first-order valence-corrected chi connectivity index (χ1v) is 8.87. The molecule has 19 heavy (non-hydrogen) atoms. The summed E-state index contributed by atoms with van der Waals surface area (Å²) in [5, 5.41) is 3.04. The predicted octanol–water partition coefficient (Wildman–Crippen LogP) is 0.407. The van der Waals surface area contributed by atoms with E-state index in [2.05, 4.69) is 10.0 Å². The number of hydrogen-bond acceptors (Lipinski definition) is 3. The first-order chi connectivity index (χ1) is 9.04. The van der Waals surface area contributed by atoms with Gasteiger partial charge in [0.05, 0.1) is 0 Å². The van der Waals surface area contributed by atoms with Crippen molar-refractivity contribution in [1.82, 2.24) is 14.3 Å². The minimum atomic E-state index is -3.28. The monoisotopic (exact) mass is 287 g/mol. The molecule has 0 aromatic carbocycles. The van der Waals surface area contributed by atoms with Crippen LogP contribution in [0.15, 0.2) is 0 Å². The minimum absolute atomic E-state index is 0.239. The van der Waals surface area contributed by atoms with Gasteiger partial charge in [-0.05, 0) is 62.9 Å². The van der Waals surface area contributed by atoms with E-state index in [9.17, 15) is 8.42 Å². The summed E-state index contributed by atoms with van der Waals surface area (Å²) in [6.07, 6.45) is 4.84. The highest BCUT2D eigenvalue weighted by Crippen LogP contribution is 2.65. The summed E-state index contributed by atoms with van der Waals surface area (Å²) in [6, 6.07) is 0.239. The summed E-state index contributed by atoms with van der Waals surface area (Å²) in [4.78, 5) is 0. The molecule has 6 heteroatoms. The van der Waals surface area contributed by atoms with Gasteiger partial charge in [-0.3, -0.25) is 0 Å². The fourth-order valence-electron chi connectivity index (χ4n) is 4.34. The number of rotatable bonds is 7. The molecule has 2 N–H and O–H groups in total. The van der Waals surface area contributed by atoms with E-state index in [0.29, 0.717) is 18.4 Å². The molecule has 0 aromatic heterocycles. The first-order valence-electron chi connectivity index (χ1n) is 7.43. The maximum Gasteiger partial charge on any atom is 0.279 e. The Morgan fingerprint density at radius 3 is 2.42 bits per heavy atom. The lowest BCUT2D eigenvalue weighted by atomic mass is 10.0. The van der Waals surface area contributed by atoms with Crippen LogP contribution in [0.5, 0.6) is 0 Å². The van der Waals surface area contributed by atoms with Crippen molar-refractivity contribution < 1.29 is 8.42 Å². The lowest BCUT2D eigenvalue weighted by molar-refractivity contribution is 0.433. The van der Waals surface area contributed by atoms with Crippen molar-refractivity contribution in [2.45, 2.75) is 31.7 Å². The molecule has 110 valence electrons. The summed E-state index contributed by atoms with van der Waals surface area (Å²) in [7, 11) is 0.271. The van der Waals surface area contributed by atoms with Crippen molar-refractivity contribution in [3.8, 4) is 0 Å². The average Bonchev–Trinajstić information content (AvgIpc) is 2.76. The van der Waals surface area contributed by atoms with Gasteiger partial charge in [-0.2, -0.15) is 17.4 Å². The molecule has 2 bridgehead atoms. The van der Waals surface area contributed by atoms with Gasteiger partial charge in [0.1, 0.15) is 0 Å². The Hall–Kier alpha value is -0.170. The van der Waals surface area contributed by atoms with Crippen LogP contribution in [0.3, 0.4) is 0 Å². The zero-order chi connectivity index (χ0) is 13.6. The molecule has 3 fully saturated rings. The lowest BCUT2D eigenvalue weighted by Crippen LogP contribution is -2.41. The highest BCUT2D eigenvalue weighted by Gasteiger charge is 2.65. The molecule has 0 amide bonds. The van der Waals surface area contributed by atoms with Gasteiger partial charge in [-0.15, -0.1) is 0 Å². The van der Waals surface area contributed by atoms with Crippen LogP contribution in [-0.4, -0.2) is 45.9 Å². The van der Waals surface area contributed by atoms with Crippen LogP contribution in [0.25, 0.3) is 0 Å². The van der Waals surface area contributed by atoms with E-state index in [0.717, 1.165) is 24.8 Å². The molecular formula is C13H25N3O2S. The molecule has 0 heterocycles. The van der Waals surface area contributed by atoms with Crippen LogP contribution in [0.4, 0.5) is 0 Å². The number of hydrogen-bond donors (Lipinski definition) is 2. The third-order valence-corrected chi connectivity index (χ3v) is 6.90. The van der Waals surface area contributed by atoms with Gasteiger partial charge in [0.15, 0.2) is 0 Å². The van der Waals surface area contributed by atoms with Crippen LogP contribution >= 0.6 is 0 Å². The van der Waals surface area contributed by atoms with Crippen molar-refractivity contribution >= 4 is 10.2 Å². The second kappa shape index (κ2) is 4.98. The first kappa shape index (κ1) is 13.8. The Morgan fingerprint density at radius 1 is 1.21 bits per heavy atom. The van der Waals surface area contributed by atoms with Gasteiger partial charge < -0.3 is 5.32 Å². The maximum atomic E-state index is 12.2. The quantitative estimate of drug-likeness (QED) is 0.667. The Morgan fingerprint density at radius 2 is 1.84 bits per heavy atom. The second-order valence-corrected chi connectivity index (χ2v) is 8.22. The number of nitrogens with zero attached hydrogens (tertiary/aromatic N) is 1. The van der Waals surface area contributed by atoms with Crippen molar-refractivity contribution in [3.63, 3.8) is 0 Å². The SMILES string of the molecule is CNCCCN(C)S(=O)(=O)NC1C2C3CCC(C3)C12. The van der Waals surface area contributed by atoms with Gasteiger partial charge in [0.25, 0.3) is 10.2 Å². The summed E-state index contributed by atoms with van der Waals surface area (Å²) in [6.45, 7) is 1.42. The van der Waals surface area contributed by atoms with Crippen molar-refractivity contribution in [1.29, 1.82) is 0 Å². The Bertz CT molecular complexity index is 423. The third kappa shape index (κ3) is 2.44. The van der Waals surface area contributed by atoms with Crippen molar-refractivity contribution in [2.24, 2.45) is 23.7 Å². The standard InChI is InChI=1S/C13H25N3O2S/c1-14-6-3-7-16(2)19(17,18)15-13-11-9-4-5-10(8-9)12(11)13/h9-15H,3-8H2,1-2H3.